The van der Waals surface area contributed by atoms with Gasteiger partial charge in [0.1, 0.15) is 0 Å². The predicted molar refractivity (Wildman–Crippen MR) is 103 cm³/mol. The lowest BCUT2D eigenvalue weighted by atomic mass is 10.1. The second-order valence-corrected chi connectivity index (χ2v) is 5.97. The zero-order valence-electron chi connectivity index (χ0n) is 16.0. The van der Waals surface area contributed by atoms with Gasteiger partial charge in [0.05, 0.1) is 6.26 Å². The van der Waals surface area contributed by atoms with Crippen LogP contribution in [-0.4, -0.2) is 36.9 Å². The summed E-state index contributed by atoms with van der Waals surface area (Å²) in [6, 6.07) is 10.8. The molecule has 2 aromatic rings. The van der Waals surface area contributed by atoms with Crippen molar-refractivity contribution in [2.24, 2.45) is 0 Å². The molecule has 1 aromatic carbocycles. The van der Waals surface area contributed by atoms with Crippen LogP contribution in [-0.2, 0) is 14.3 Å². The van der Waals surface area contributed by atoms with Gasteiger partial charge in [0.25, 0.3) is 11.8 Å². The van der Waals surface area contributed by atoms with Crippen LogP contribution in [0.3, 0.4) is 0 Å². The van der Waals surface area contributed by atoms with Crippen LogP contribution in [0.2, 0.25) is 0 Å². The molecule has 0 aliphatic heterocycles. The molecule has 1 unspecified atom stereocenters. The first kappa shape index (κ1) is 21.7. The fourth-order valence-electron chi connectivity index (χ4n) is 2.40. The van der Waals surface area contributed by atoms with E-state index in [2.05, 4.69) is 16.0 Å². The van der Waals surface area contributed by atoms with Crippen molar-refractivity contribution in [1.29, 1.82) is 0 Å². The van der Waals surface area contributed by atoms with Crippen LogP contribution in [0.25, 0.3) is 0 Å². The highest BCUT2D eigenvalue weighted by atomic mass is 16.5. The summed E-state index contributed by atoms with van der Waals surface area (Å²) in [5, 5.41) is 7.21. The lowest BCUT2D eigenvalue weighted by molar-refractivity contribution is -0.156. The number of furan rings is 1. The molecule has 1 aromatic heterocycles. The standard InChI is InChI=1S/C20H23N3O6/c1-2-21-20(27)23-19(26)17(14-8-4-3-5-9-14)29-16(24)11-6-12-22-18(25)15-10-7-13-28-15/h3-5,7-10,13,17H,2,6,11-12H2,1H3,(H,22,25)(H2,21,23,26,27). The molecule has 0 spiro atoms. The van der Waals surface area contributed by atoms with Gasteiger partial charge in [0, 0.05) is 25.1 Å². The van der Waals surface area contributed by atoms with Gasteiger partial charge in [-0.1, -0.05) is 30.3 Å². The molecule has 2 rings (SSSR count). The van der Waals surface area contributed by atoms with Crippen LogP contribution in [0.4, 0.5) is 4.79 Å². The third-order valence-electron chi connectivity index (χ3n) is 3.75. The van der Waals surface area contributed by atoms with Gasteiger partial charge in [-0.15, -0.1) is 0 Å². The quantitative estimate of drug-likeness (QED) is 0.435. The van der Waals surface area contributed by atoms with Gasteiger partial charge in [0.2, 0.25) is 6.10 Å². The van der Waals surface area contributed by atoms with Crippen molar-refractivity contribution in [1.82, 2.24) is 16.0 Å². The van der Waals surface area contributed by atoms with Crippen LogP contribution in [0, 0.1) is 0 Å². The van der Waals surface area contributed by atoms with Crippen LogP contribution >= 0.6 is 0 Å². The van der Waals surface area contributed by atoms with E-state index in [1.807, 2.05) is 0 Å². The first-order valence-electron chi connectivity index (χ1n) is 9.16. The number of amides is 4. The Bertz CT molecular complexity index is 820. The highest BCUT2D eigenvalue weighted by Gasteiger charge is 2.26. The van der Waals surface area contributed by atoms with Crippen molar-refractivity contribution < 1.29 is 28.3 Å². The predicted octanol–water partition coefficient (Wildman–Crippen LogP) is 1.92. The average Bonchev–Trinajstić information content (AvgIpc) is 3.25. The van der Waals surface area contributed by atoms with Gasteiger partial charge in [-0.3, -0.25) is 19.7 Å². The molecule has 3 N–H and O–H groups in total. The highest BCUT2D eigenvalue weighted by Crippen LogP contribution is 2.18. The Morgan fingerprint density at radius 1 is 1.03 bits per heavy atom. The van der Waals surface area contributed by atoms with E-state index in [-0.39, 0.29) is 24.6 Å². The number of nitrogens with one attached hydrogen (secondary N) is 3. The average molecular weight is 401 g/mol. The summed E-state index contributed by atoms with van der Waals surface area (Å²) < 4.78 is 10.3. The topological polar surface area (TPSA) is 127 Å². The summed E-state index contributed by atoms with van der Waals surface area (Å²) in [6.07, 6.45) is 0.423. The van der Waals surface area contributed by atoms with E-state index in [1.165, 1.54) is 12.3 Å². The van der Waals surface area contributed by atoms with Crippen LogP contribution in [0.1, 0.15) is 42.0 Å². The molecule has 0 saturated heterocycles. The Hall–Kier alpha value is -3.62. The minimum absolute atomic E-state index is 0.0177. The molecule has 1 atom stereocenters. The van der Waals surface area contributed by atoms with E-state index in [4.69, 9.17) is 9.15 Å². The third-order valence-corrected chi connectivity index (χ3v) is 3.75. The molecule has 4 amide bonds. The maximum absolute atomic E-state index is 12.4. The monoisotopic (exact) mass is 401 g/mol. The lowest BCUT2D eigenvalue weighted by Crippen LogP contribution is -2.42. The largest absolute Gasteiger partial charge is 0.459 e. The Balaban J connectivity index is 1.87. The van der Waals surface area contributed by atoms with Gasteiger partial charge < -0.3 is 19.8 Å². The van der Waals surface area contributed by atoms with Crippen molar-refractivity contribution in [2.75, 3.05) is 13.1 Å². The van der Waals surface area contributed by atoms with E-state index in [9.17, 15) is 19.2 Å². The third kappa shape index (κ3) is 7.13. The lowest BCUT2D eigenvalue weighted by Gasteiger charge is -2.17. The van der Waals surface area contributed by atoms with E-state index in [0.29, 0.717) is 18.5 Å². The molecule has 0 fully saturated rings. The highest BCUT2D eigenvalue weighted by molar-refractivity contribution is 5.97. The number of esters is 1. The van der Waals surface area contributed by atoms with Crippen molar-refractivity contribution >= 4 is 23.8 Å². The van der Waals surface area contributed by atoms with Gasteiger partial charge in [0.15, 0.2) is 5.76 Å². The number of hydrogen-bond acceptors (Lipinski definition) is 6. The van der Waals surface area contributed by atoms with Crippen LogP contribution in [0.15, 0.2) is 53.1 Å². The maximum Gasteiger partial charge on any atom is 0.321 e. The summed E-state index contributed by atoms with van der Waals surface area (Å²) >= 11 is 0. The molecule has 0 saturated carbocycles. The number of carbonyl (C=O) groups excluding carboxylic acids is 4. The van der Waals surface area contributed by atoms with E-state index in [1.54, 1.807) is 43.3 Å². The van der Waals surface area contributed by atoms with Gasteiger partial charge in [-0.05, 0) is 25.5 Å². The number of carbonyl (C=O) groups is 4. The second kappa shape index (κ2) is 11.3. The van der Waals surface area contributed by atoms with Crippen molar-refractivity contribution in [3.8, 4) is 0 Å². The van der Waals surface area contributed by atoms with Crippen molar-refractivity contribution in [3.63, 3.8) is 0 Å². The normalized spacial score (nSPS) is 11.2. The molecular formula is C20H23N3O6. The number of ether oxygens (including phenoxy) is 1. The fourth-order valence-corrected chi connectivity index (χ4v) is 2.40. The summed E-state index contributed by atoms with van der Waals surface area (Å²) in [5.41, 5.74) is 0.439. The minimum Gasteiger partial charge on any atom is -0.459 e. The first-order chi connectivity index (χ1) is 14.0. The smallest absolute Gasteiger partial charge is 0.321 e. The Kier molecular flexibility index (Phi) is 8.43. The number of urea groups is 1. The summed E-state index contributed by atoms with van der Waals surface area (Å²) in [5.74, 6) is -1.58. The summed E-state index contributed by atoms with van der Waals surface area (Å²) in [4.78, 5) is 47.9. The number of imide groups is 1. The van der Waals surface area contributed by atoms with Crippen molar-refractivity contribution in [3.05, 3.63) is 60.1 Å². The zero-order valence-corrected chi connectivity index (χ0v) is 16.0. The number of hydrogen-bond donors (Lipinski definition) is 3. The Morgan fingerprint density at radius 2 is 1.79 bits per heavy atom. The fraction of sp³-hybridized carbons (Fsp3) is 0.300. The molecule has 29 heavy (non-hydrogen) atoms. The van der Waals surface area contributed by atoms with Crippen LogP contribution < -0.4 is 16.0 Å². The van der Waals surface area contributed by atoms with Gasteiger partial charge in [-0.25, -0.2) is 4.79 Å². The van der Waals surface area contributed by atoms with Gasteiger partial charge in [-0.2, -0.15) is 0 Å². The molecule has 0 aliphatic carbocycles. The summed E-state index contributed by atoms with van der Waals surface area (Å²) in [7, 11) is 0. The van der Waals surface area contributed by atoms with E-state index < -0.39 is 24.0 Å². The Labute approximate surface area is 167 Å². The van der Waals surface area contributed by atoms with Crippen molar-refractivity contribution in [2.45, 2.75) is 25.9 Å². The number of benzene rings is 1. The van der Waals surface area contributed by atoms with E-state index >= 15 is 0 Å². The molecule has 1 heterocycles. The molecule has 9 nitrogen and oxygen atoms in total. The van der Waals surface area contributed by atoms with E-state index in [0.717, 1.165) is 0 Å². The minimum atomic E-state index is -1.26. The number of rotatable bonds is 9. The molecule has 0 bridgehead atoms. The maximum atomic E-state index is 12.4. The Morgan fingerprint density at radius 3 is 2.45 bits per heavy atom. The SMILES string of the molecule is CCNC(=O)NC(=O)C(OC(=O)CCCNC(=O)c1ccco1)c1ccccc1. The molecular weight excluding hydrogens is 378 g/mol. The second-order valence-electron chi connectivity index (χ2n) is 5.97. The molecule has 154 valence electrons. The molecule has 9 heteroatoms. The van der Waals surface area contributed by atoms with Gasteiger partial charge >= 0.3 is 12.0 Å². The molecule has 0 aliphatic rings. The first-order valence-corrected chi connectivity index (χ1v) is 9.16. The van der Waals surface area contributed by atoms with Crippen LogP contribution in [0.5, 0.6) is 0 Å². The summed E-state index contributed by atoms with van der Waals surface area (Å²) in [6.45, 7) is 2.29. The zero-order chi connectivity index (χ0) is 21.1. The molecule has 0 radical (unpaired) electrons.